The summed E-state index contributed by atoms with van der Waals surface area (Å²) in [4.78, 5) is 10.5. The molecule has 1 aromatic rings. The summed E-state index contributed by atoms with van der Waals surface area (Å²) in [5.74, 6) is 0. The Morgan fingerprint density at radius 1 is 1.41 bits per heavy atom. The lowest BCUT2D eigenvalue weighted by atomic mass is 9.95. The summed E-state index contributed by atoms with van der Waals surface area (Å²) in [6, 6.07) is 4.93. The maximum Gasteiger partial charge on any atom is 0.310 e. The average molecular weight is 257 g/mol. The molecule has 0 aliphatic rings. The monoisotopic (exact) mass is 256 g/mol. The van der Waals surface area contributed by atoms with E-state index in [1.807, 2.05) is 20.8 Å². The SMILES string of the molecule is CCC(C)(CC)Nc1cccc(Cl)c1[N+](=O)[O-]. The summed E-state index contributed by atoms with van der Waals surface area (Å²) in [6.45, 7) is 6.14. The molecular formula is C12H17ClN2O2. The zero-order chi connectivity index (χ0) is 13.1. The Morgan fingerprint density at radius 2 is 2.00 bits per heavy atom. The van der Waals surface area contributed by atoms with E-state index < -0.39 is 4.92 Å². The van der Waals surface area contributed by atoms with E-state index in [-0.39, 0.29) is 16.2 Å². The molecule has 0 aromatic heterocycles. The van der Waals surface area contributed by atoms with E-state index in [2.05, 4.69) is 5.32 Å². The first-order chi connectivity index (χ1) is 7.93. The number of nitrogens with one attached hydrogen (secondary N) is 1. The highest BCUT2D eigenvalue weighted by Crippen LogP contribution is 2.35. The van der Waals surface area contributed by atoms with Gasteiger partial charge in [-0.2, -0.15) is 0 Å². The average Bonchev–Trinajstić information content (AvgIpc) is 2.28. The van der Waals surface area contributed by atoms with Gasteiger partial charge in [-0.05, 0) is 31.9 Å². The topological polar surface area (TPSA) is 55.2 Å². The van der Waals surface area contributed by atoms with Gasteiger partial charge in [0.2, 0.25) is 0 Å². The molecule has 0 aliphatic heterocycles. The van der Waals surface area contributed by atoms with Gasteiger partial charge in [0.1, 0.15) is 10.7 Å². The number of rotatable bonds is 5. The molecule has 0 saturated carbocycles. The molecule has 5 heteroatoms. The quantitative estimate of drug-likeness (QED) is 0.633. The maximum absolute atomic E-state index is 11.0. The van der Waals surface area contributed by atoms with Gasteiger partial charge in [-0.3, -0.25) is 10.1 Å². The molecule has 1 N–H and O–H groups in total. The van der Waals surface area contributed by atoms with Crippen LogP contribution in [-0.2, 0) is 0 Å². The minimum absolute atomic E-state index is 0.0534. The van der Waals surface area contributed by atoms with Crippen molar-refractivity contribution in [3.8, 4) is 0 Å². The van der Waals surface area contributed by atoms with Gasteiger partial charge >= 0.3 is 5.69 Å². The Morgan fingerprint density at radius 3 is 2.47 bits per heavy atom. The van der Waals surface area contributed by atoms with Gasteiger partial charge in [0.05, 0.1) is 4.92 Å². The predicted octanol–water partition coefficient (Wildman–Crippen LogP) is 4.24. The number of halogens is 1. The van der Waals surface area contributed by atoms with Crippen LogP contribution in [0.4, 0.5) is 11.4 Å². The van der Waals surface area contributed by atoms with Gasteiger partial charge in [0.15, 0.2) is 0 Å². The molecule has 1 aromatic carbocycles. The third-order valence-electron chi connectivity index (χ3n) is 3.17. The first-order valence-corrected chi connectivity index (χ1v) is 6.02. The molecule has 0 bridgehead atoms. The number of hydrogen-bond donors (Lipinski definition) is 1. The molecule has 0 fully saturated rings. The molecule has 0 unspecified atom stereocenters. The standard InChI is InChI=1S/C12H17ClN2O2/c1-4-12(3,5-2)14-10-8-6-7-9(13)11(10)15(16)17/h6-8,14H,4-5H2,1-3H3. The Balaban J connectivity index is 3.15. The van der Waals surface area contributed by atoms with Crippen molar-refractivity contribution in [2.75, 3.05) is 5.32 Å². The van der Waals surface area contributed by atoms with Crippen LogP contribution < -0.4 is 5.32 Å². The predicted molar refractivity (Wildman–Crippen MR) is 70.7 cm³/mol. The highest BCUT2D eigenvalue weighted by atomic mass is 35.5. The number of anilines is 1. The summed E-state index contributed by atoms with van der Waals surface area (Å²) in [5, 5.41) is 14.4. The summed E-state index contributed by atoms with van der Waals surface area (Å²) >= 11 is 5.86. The molecule has 0 amide bonds. The lowest BCUT2D eigenvalue weighted by molar-refractivity contribution is -0.383. The van der Waals surface area contributed by atoms with E-state index in [1.165, 1.54) is 6.07 Å². The molecule has 0 atom stereocenters. The van der Waals surface area contributed by atoms with Crippen molar-refractivity contribution in [1.29, 1.82) is 0 Å². The maximum atomic E-state index is 11.0. The summed E-state index contributed by atoms with van der Waals surface area (Å²) in [5.41, 5.74) is 0.270. The zero-order valence-electron chi connectivity index (χ0n) is 10.3. The highest BCUT2D eigenvalue weighted by Gasteiger charge is 2.25. The van der Waals surface area contributed by atoms with Gasteiger partial charge in [-0.1, -0.05) is 31.5 Å². The Hall–Kier alpha value is -1.29. The van der Waals surface area contributed by atoms with Crippen LogP contribution in [0, 0.1) is 10.1 Å². The smallest absolute Gasteiger partial charge is 0.310 e. The number of nitro benzene ring substituents is 1. The first-order valence-electron chi connectivity index (χ1n) is 5.64. The number of hydrogen-bond acceptors (Lipinski definition) is 3. The van der Waals surface area contributed by atoms with Crippen molar-refractivity contribution in [3.05, 3.63) is 33.3 Å². The fourth-order valence-corrected chi connectivity index (χ4v) is 1.80. The number of benzene rings is 1. The van der Waals surface area contributed by atoms with Gasteiger partial charge in [0, 0.05) is 5.54 Å². The van der Waals surface area contributed by atoms with Crippen LogP contribution in [0.2, 0.25) is 5.02 Å². The summed E-state index contributed by atoms with van der Waals surface area (Å²) in [6.07, 6.45) is 1.76. The molecule has 0 aliphatic carbocycles. The van der Waals surface area contributed by atoms with Crippen molar-refractivity contribution in [2.24, 2.45) is 0 Å². The van der Waals surface area contributed by atoms with Crippen LogP contribution in [0.15, 0.2) is 18.2 Å². The zero-order valence-corrected chi connectivity index (χ0v) is 11.0. The molecule has 0 radical (unpaired) electrons. The second kappa shape index (κ2) is 5.36. The molecule has 0 heterocycles. The minimum Gasteiger partial charge on any atom is -0.374 e. The van der Waals surface area contributed by atoms with Crippen molar-refractivity contribution >= 4 is 23.0 Å². The lowest BCUT2D eigenvalue weighted by Crippen LogP contribution is -2.33. The van der Waals surface area contributed by atoms with Gasteiger partial charge in [-0.25, -0.2) is 0 Å². The third kappa shape index (κ3) is 3.09. The van der Waals surface area contributed by atoms with E-state index in [4.69, 9.17) is 11.6 Å². The van der Waals surface area contributed by atoms with Crippen LogP contribution in [-0.4, -0.2) is 10.5 Å². The van der Waals surface area contributed by atoms with E-state index in [1.54, 1.807) is 12.1 Å². The number of nitrogens with zero attached hydrogens (tertiary/aromatic N) is 1. The first kappa shape index (κ1) is 13.8. The van der Waals surface area contributed by atoms with E-state index in [0.717, 1.165) is 12.8 Å². The van der Waals surface area contributed by atoms with Crippen molar-refractivity contribution in [3.63, 3.8) is 0 Å². The molecule has 94 valence electrons. The second-order valence-corrected chi connectivity index (χ2v) is 4.69. The normalized spacial score (nSPS) is 11.3. The van der Waals surface area contributed by atoms with Crippen molar-refractivity contribution in [1.82, 2.24) is 0 Å². The Labute approximate surface area is 106 Å². The van der Waals surface area contributed by atoms with E-state index in [9.17, 15) is 10.1 Å². The van der Waals surface area contributed by atoms with Crippen molar-refractivity contribution in [2.45, 2.75) is 39.2 Å². The molecule has 0 spiro atoms. The molecular weight excluding hydrogens is 240 g/mol. The van der Waals surface area contributed by atoms with Gasteiger partial charge in [-0.15, -0.1) is 0 Å². The van der Waals surface area contributed by atoms with Crippen LogP contribution in [0.3, 0.4) is 0 Å². The second-order valence-electron chi connectivity index (χ2n) is 4.29. The van der Waals surface area contributed by atoms with Gasteiger partial charge < -0.3 is 5.32 Å². The van der Waals surface area contributed by atoms with Crippen LogP contribution in [0.5, 0.6) is 0 Å². The van der Waals surface area contributed by atoms with Crippen LogP contribution in [0.1, 0.15) is 33.6 Å². The van der Waals surface area contributed by atoms with E-state index >= 15 is 0 Å². The van der Waals surface area contributed by atoms with Gasteiger partial charge in [0.25, 0.3) is 0 Å². The van der Waals surface area contributed by atoms with Crippen LogP contribution >= 0.6 is 11.6 Å². The molecule has 4 nitrogen and oxygen atoms in total. The summed E-state index contributed by atoms with van der Waals surface area (Å²) < 4.78 is 0. The molecule has 17 heavy (non-hydrogen) atoms. The fraction of sp³-hybridized carbons (Fsp3) is 0.500. The molecule has 1 rings (SSSR count). The van der Waals surface area contributed by atoms with Crippen molar-refractivity contribution < 1.29 is 4.92 Å². The highest BCUT2D eigenvalue weighted by molar-refractivity contribution is 6.33. The lowest BCUT2D eigenvalue weighted by Gasteiger charge is -2.29. The number of nitro groups is 1. The van der Waals surface area contributed by atoms with E-state index in [0.29, 0.717) is 5.69 Å². The third-order valence-corrected chi connectivity index (χ3v) is 3.47. The largest absolute Gasteiger partial charge is 0.374 e. The van der Waals surface area contributed by atoms with Crippen LogP contribution in [0.25, 0.3) is 0 Å². The molecule has 0 saturated heterocycles. The Kier molecular flexibility index (Phi) is 4.34. The fourth-order valence-electron chi connectivity index (χ4n) is 1.55. The number of para-hydroxylation sites is 1. The minimum atomic E-state index is -0.448. The summed E-state index contributed by atoms with van der Waals surface area (Å²) in [7, 11) is 0. The Bertz CT molecular complexity index is 417.